The highest BCUT2D eigenvalue weighted by molar-refractivity contribution is 5.91. The second-order valence-electron chi connectivity index (χ2n) is 6.49. The van der Waals surface area contributed by atoms with Crippen molar-refractivity contribution in [3.63, 3.8) is 0 Å². The molecule has 0 radical (unpaired) electrons. The predicted molar refractivity (Wildman–Crippen MR) is 108 cm³/mol. The van der Waals surface area contributed by atoms with Crippen molar-refractivity contribution in [1.29, 1.82) is 5.26 Å². The number of aromatic nitrogens is 2. The monoisotopic (exact) mass is 371 g/mol. The highest BCUT2D eigenvalue weighted by atomic mass is 16.1. The summed E-state index contributed by atoms with van der Waals surface area (Å²) >= 11 is 0. The molecule has 140 valence electrons. The van der Waals surface area contributed by atoms with Crippen LogP contribution in [0, 0.1) is 11.3 Å². The number of nitrogens with one attached hydrogen (secondary N) is 1. The number of amides is 1. The SMILES string of the molecule is C=C(N)c1ccc(CNC(=O)c2cn(Cc3ccc(CC#N)cc3)cn2)cc1. The van der Waals surface area contributed by atoms with Crippen LogP contribution in [0.25, 0.3) is 5.70 Å². The summed E-state index contributed by atoms with van der Waals surface area (Å²) in [7, 11) is 0. The highest BCUT2D eigenvalue weighted by Gasteiger charge is 2.09. The largest absolute Gasteiger partial charge is 0.399 e. The number of nitrogens with two attached hydrogens (primary N) is 1. The molecule has 6 heteroatoms. The maximum absolute atomic E-state index is 12.3. The summed E-state index contributed by atoms with van der Waals surface area (Å²) in [6.45, 7) is 4.71. The van der Waals surface area contributed by atoms with Crippen LogP contribution in [-0.4, -0.2) is 15.5 Å². The Morgan fingerprint density at radius 1 is 1.11 bits per heavy atom. The van der Waals surface area contributed by atoms with Crippen molar-refractivity contribution in [3.8, 4) is 6.07 Å². The van der Waals surface area contributed by atoms with Gasteiger partial charge >= 0.3 is 0 Å². The molecule has 0 aliphatic carbocycles. The molecule has 3 rings (SSSR count). The van der Waals surface area contributed by atoms with Gasteiger partial charge in [0.15, 0.2) is 0 Å². The van der Waals surface area contributed by atoms with E-state index in [9.17, 15) is 4.79 Å². The minimum atomic E-state index is -0.226. The number of nitriles is 1. The second-order valence-corrected chi connectivity index (χ2v) is 6.49. The van der Waals surface area contributed by atoms with Crippen molar-refractivity contribution in [2.24, 2.45) is 5.73 Å². The number of hydrogen-bond acceptors (Lipinski definition) is 4. The maximum Gasteiger partial charge on any atom is 0.271 e. The Morgan fingerprint density at radius 2 is 1.75 bits per heavy atom. The standard InChI is InChI=1S/C22H21N5O/c1-16(24)20-8-6-18(7-9-20)12-25-22(28)21-14-27(15-26-21)13-19-4-2-17(3-5-19)10-11-23/h2-9,14-15H,1,10,12-13,24H2,(H,25,28). The molecule has 0 unspecified atom stereocenters. The summed E-state index contributed by atoms with van der Waals surface area (Å²) in [5, 5.41) is 11.6. The molecule has 6 nitrogen and oxygen atoms in total. The first-order chi connectivity index (χ1) is 13.5. The molecule has 1 heterocycles. The normalized spacial score (nSPS) is 10.2. The van der Waals surface area contributed by atoms with Crippen molar-refractivity contribution in [2.45, 2.75) is 19.5 Å². The van der Waals surface area contributed by atoms with E-state index in [0.29, 0.717) is 30.9 Å². The Balaban J connectivity index is 1.56. The van der Waals surface area contributed by atoms with E-state index in [0.717, 1.165) is 22.3 Å². The van der Waals surface area contributed by atoms with E-state index in [1.165, 1.54) is 0 Å². The number of hydrogen-bond donors (Lipinski definition) is 2. The van der Waals surface area contributed by atoms with Gasteiger partial charge in [-0.25, -0.2) is 4.98 Å². The van der Waals surface area contributed by atoms with Gasteiger partial charge in [-0.05, 0) is 22.3 Å². The van der Waals surface area contributed by atoms with E-state index in [1.54, 1.807) is 12.5 Å². The predicted octanol–water partition coefficient (Wildman–Crippen LogP) is 2.86. The highest BCUT2D eigenvalue weighted by Crippen LogP contribution is 2.10. The number of imidazole rings is 1. The average Bonchev–Trinajstić information content (AvgIpc) is 3.17. The van der Waals surface area contributed by atoms with Crippen LogP contribution in [0.3, 0.4) is 0 Å². The Morgan fingerprint density at radius 3 is 2.39 bits per heavy atom. The summed E-state index contributed by atoms with van der Waals surface area (Å²) in [6.07, 6.45) is 3.76. The van der Waals surface area contributed by atoms with Gasteiger partial charge in [0.1, 0.15) is 5.69 Å². The van der Waals surface area contributed by atoms with E-state index in [2.05, 4.69) is 22.9 Å². The maximum atomic E-state index is 12.3. The van der Waals surface area contributed by atoms with Crippen molar-refractivity contribution < 1.29 is 4.79 Å². The Hall–Kier alpha value is -3.85. The fourth-order valence-corrected chi connectivity index (χ4v) is 2.74. The zero-order valence-corrected chi connectivity index (χ0v) is 15.4. The van der Waals surface area contributed by atoms with Crippen LogP contribution >= 0.6 is 0 Å². The molecule has 1 aromatic heterocycles. The Kier molecular flexibility index (Phi) is 5.87. The molecule has 0 saturated carbocycles. The van der Waals surface area contributed by atoms with Crippen molar-refractivity contribution in [1.82, 2.24) is 14.9 Å². The third kappa shape index (κ3) is 4.86. The molecule has 28 heavy (non-hydrogen) atoms. The number of nitrogens with zero attached hydrogens (tertiary/aromatic N) is 3. The quantitative estimate of drug-likeness (QED) is 0.667. The molecule has 3 aromatic rings. The molecule has 0 atom stereocenters. The molecule has 0 spiro atoms. The van der Waals surface area contributed by atoms with Crippen LogP contribution < -0.4 is 11.1 Å². The molecule has 0 aliphatic rings. The zero-order chi connectivity index (χ0) is 19.9. The summed E-state index contributed by atoms with van der Waals surface area (Å²) in [5.74, 6) is -0.226. The van der Waals surface area contributed by atoms with Gasteiger partial charge in [-0.3, -0.25) is 4.79 Å². The lowest BCUT2D eigenvalue weighted by Crippen LogP contribution is -2.23. The number of carbonyl (C=O) groups is 1. The third-order valence-electron chi connectivity index (χ3n) is 4.31. The lowest BCUT2D eigenvalue weighted by Gasteiger charge is -2.05. The molecule has 0 saturated heterocycles. The fourth-order valence-electron chi connectivity index (χ4n) is 2.74. The number of benzene rings is 2. The summed E-state index contributed by atoms with van der Waals surface area (Å²) in [4.78, 5) is 16.5. The van der Waals surface area contributed by atoms with Gasteiger partial charge in [0.2, 0.25) is 0 Å². The summed E-state index contributed by atoms with van der Waals surface area (Å²) in [6, 6.07) is 17.5. The van der Waals surface area contributed by atoms with Crippen LogP contribution in [0.2, 0.25) is 0 Å². The smallest absolute Gasteiger partial charge is 0.271 e. The summed E-state index contributed by atoms with van der Waals surface area (Å²) < 4.78 is 1.86. The molecule has 0 fully saturated rings. The first-order valence-electron chi connectivity index (χ1n) is 8.83. The molecule has 3 N–H and O–H groups in total. The van der Waals surface area contributed by atoms with Gasteiger partial charge in [0.05, 0.1) is 18.8 Å². The number of rotatable bonds is 7. The van der Waals surface area contributed by atoms with E-state index in [1.807, 2.05) is 53.1 Å². The van der Waals surface area contributed by atoms with Gasteiger partial charge in [-0.1, -0.05) is 55.1 Å². The summed E-state index contributed by atoms with van der Waals surface area (Å²) in [5.41, 5.74) is 10.4. The lowest BCUT2D eigenvalue weighted by atomic mass is 10.1. The third-order valence-corrected chi connectivity index (χ3v) is 4.31. The molecule has 0 aliphatic heterocycles. The van der Waals surface area contributed by atoms with Gasteiger partial charge in [-0.15, -0.1) is 0 Å². The first-order valence-corrected chi connectivity index (χ1v) is 8.83. The van der Waals surface area contributed by atoms with Crippen molar-refractivity contribution >= 4 is 11.6 Å². The van der Waals surface area contributed by atoms with Crippen molar-refractivity contribution in [2.75, 3.05) is 0 Å². The van der Waals surface area contributed by atoms with Crippen LogP contribution in [0.1, 0.15) is 32.7 Å². The van der Waals surface area contributed by atoms with Gasteiger partial charge < -0.3 is 15.6 Å². The second kappa shape index (κ2) is 8.69. The average molecular weight is 371 g/mol. The Labute approximate surface area is 163 Å². The van der Waals surface area contributed by atoms with Crippen molar-refractivity contribution in [3.05, 3.63) is 95.6 Å². The molecule has 1 amide bonds. The molecular formula is C22H21N5O. The Bertz CT molecular complexity index is 1010. The number of carbonyl (C=O) groups excluding carboxylic acids is 1. The van der Waals surface area contributed by atoms with Gasteiger partial charge in [0, 0.05) is 25.0 Å². The van der Waals surface area contributed by atoms with E-state index in [-0.39, 0.29) is 5.91 Å². The zero-order valence-electron chi connectivity index (χ0n) is 15.4. The fraction of sp³-hybridized carbons (Fsp3) is 0.136. The van der Waals surface area contributed by atoms with E-state index >= 15 is 0 Å². The van der Waals surface area contributed by atoms with Crippen LogP contribution in [0.5, 0.6) is 0 Å². The van der Waals surface area contributed by atoms with Gasteiger partial charge in [-0.2, -0.15) is 5.26 Å². The van der Waals surface area contributed by atoms with Gasteiger partial charge in [0.25, 0.3) is 5.91 Å². The van der Waals surface area contributed by atoms with Crippen LogP contribution in [0.4, 0.5) is 0 Å². The molecule has 2 aromatic carbocycles. The van der Waals surface area contributed by atoms with Crippen LogP contribution in [-0.2, 0) is 19.5 Å². The minimum Gasteiger partial charge on any atom is -0.399 e. The lowest BCUT2D eigenvalue weighted by molar-refractivity contribution is 0.0946. The van der Waals surface area contributed by atoms with E-state index < -0.39 is 0 Å². The molecular weight excluding hydrogens is 350 g/mol. The first kappa shape index (κ1) is 18.9. The van der Waals surface area contributed by atoms with E-state index in [4.69, 9.17) is 11.0 Å². The topological polar surface area (TPSA) is 96.7 Å². The van der Waals surface area contributed by atoms with Crippen LogP contribution in [0.15, 0.2) is 67.6 Å². The minimum absolute atomic E-state index is 0.226. The molecule has 0 bridgehead atoms.